The van der Waals surface area contributed by atoms with Crippen LogP contribution in [-0.4, -0.2) is 9.97 Å². The van der Waals surface area contributed by atoms with Gasteiger partial charge in [-0.25, -0.2) is 9.97 Å². The molecule has 18 heavy (non-hydrogen) atoms. The van der Waals surface area contributed by atoms with Crippen molar-refractivity contribution in [3.05, 3.63) is 48.3 Å². The minimum atomic E-state index is 0.400. The van der Waals surface area contributed by atoms with Crippen molar-refractivity contribution in [1.82, 2.24) is 9.97 Å². The fourth-order valence-corrected chi connectivity index (χ4v) is 2.22. The quantitative estimate of drug-likeness (QED) is 0.701. The molecule has 0 atom stereocenters. The second kappa shape index (κ2) is 4.51. The molecule has 5 heteroatoms. The largest absolute Gasteiger partial charge is 0.431 e. The van der Waals surface area contributed by atoms with Crippen molar-refractivity contribution < 1.29 is 4.42 Å². The maximum atomic E-state index is 8.66. The van der Waals surface area contributed by atoms with Crippen molar-refractivity contribution >= 4 is 22.9 Å². The molecule has 4 nitrogen and oxygen atoms in total. The fourth-order valence-electron chi connectivity index (χ4n) is 1.50. The number of pyridine rings is 1. The summed E-state index contributed by atoms with van der Waals surface area (Å²) in [5, 5.41) is 9.24. The lowest BCUT2D eigenvalue weighted by Gasteiger charge is -1.95. The highest BCUT2D eigenvalue weighted by Gasteiger charge is 2.07. The van der Waals surface area contributed by atoms with E-state index in [4.69, 9.17) is 9.68 Å². The number of aromatic nitrogens is 2. The molecule has 0 spiro atoms. The predicted molar refractivity (Wildman–Crippen MR) is 67.1 cm³/mol. The number of hydrogen-bond donors (Lipinski definition) is 0. The van der Waals surface area contributed by atoms with Gasteiger partial charge in [0.05, 0.1) is 0 Å². The molecule has 0 amide bonds. The van der Waals surface area contributed by atoms with Crippen LogP contribution in [0.4, 0.5) is 0 Å². The van der Waals surface area contributed by atoms with Crippen molar-refractivity contribution in [1.29, 1.82) is 5.26 Å². The Kier molecular flexibility index (Phi) is 2.71. The molecule has 0 aliphatic heterocycles. The Morgan fingerprint density at radius 3 is 2.78 bits per heavy atom. The maximum Gasteiger partial charge on any atom is 0.261 e. The Bertz CT molecular complexity index is 695. The van der Waals surface area contributed by atoms with E-state index in [9.17, 15) is 0 Å². The van der Waals surface area contributed by atoms with E-state index in [1.165, 1.54) is 11.8 Å². The number of oxazole rings is 1. The highest BCUT2D eigenvalue weighted by atomic mass is 32.2. The molecule has 86 valence electrons. The van der Waals surface area contributed by atoms with Crippen molar-refractivity contribution in [2.45, 2.75) is 10.1 Å². The van der Waals surface area contributed by atoms with Crippen LogP contribution in [-0.2, 0) is 0 Å². The lowest BCUT2D eigenvalue weighted by Crippen LogP contribution is -1.81. The molecule has 0 fully saturated rings. The number of para-hydroxylation sites is 2. The monoisotopic (exact) mass is 253 g/mol. The number of fused-ring (bicyclic) bond motifs is 1. The van der Waals surface area contributed by atoms with Gasteiger partial charge in [0.25, 0.3) is 5.22 Å². The number of benzene rings is 1. The van der Waals surface area contributed by atoms with Crippen LogP contribution < -0.4 is 0 Å². The second-order valence-electron chi connectivity index (χ2n) is 3.54. The third-order valence-corrected chi connectivity index (χ3v) is 3.16. The van der Waals surface area contributed by atoms with Crippen molar-refractivity contribution in [3.63, 3.8) is 0 Å². The number of rotatable bonds is 2. The van der Waals surface area contributed by atoms with Crippen LogP contribution >= 0.6 is 11.8 Å². The normalized spacial score (nSPS) is 10.4. The van der Waals surface area contributed by atoms with Gasteiger partial charge in [-0.15, -0.1) is 0 Å². The summed E-state index contributed by atoms with van der Waals surface area (Å²) in [7, 11) is 0. The molecule has 3 aromatic rings. The zero-order valence-corrected chi connectivity index (χ0v) is 10.0. The molecule has 2 heterocycles. The Hall–Kier alpha value is -2.32. The van der Waals surface area contributed by atoms with E-state index in [1.54, 1.807) is 12.3 Å². The smallest absolute Gasteiger partial charge is 0.261 e. The van der Waals surface area contributed by atoms with E-state index in [-0.39, 0.29) is 0 Å². The summed E-state index contributed by atoms with van der Waals surface area (Å²) in [4.78, 5) is 9.24. The van der Waals surface area contributed by atoms with Crippen LogP contribution in [0, 0.1) is 11.3 Å². The molecule has 1 aromatic carbocycles. The Balaban J connectivity index is 1.89. The molecule has 0 saturated carbocycles. The van der Waals surface area contributed by atoms with Crippen molar-refractivity contribution in [2.75, 3.05) is 0 Å². The SMILES string of the molecule is N#Cc1ccc(Sc2nc3ccccc3o2)cn1. The summed E-state index contributed by atoms with van der Waals surface area (Å²) in [6, 6.07) is 13.1. The lowest BCUT2D eigenvalue weighted by atomic mass is 10.3. The van der Waals surface area contributed by atoms with Crippen molar-refractivity contribution in [2.24, 2.45) is 0 Å². The zero-order valence-electron chi connectivity index (χ0n) is 9.20. The van der Waals surface area contributed by atoms with Crippen LogP contribution in [0.25, 0.3) is 11.1 Å². The molecular formula is C13H7N3OS. The molecule has 0 saturated heterocycles. The molecule has 2 aromatic heterocycles. The Labute approximate surface area is 107 Å². The van der Waals surface area contributed by atoms with Gasteiger partial charge >= 0.3 is 0 Å². The first kappa shape index (κ1) is 10.8. The molecule has 0 unspecified atom stereocenters. The van der Waals surface area contributed by atoms with Gasteiger partial charge in [-0.2, -0.15) is 5.26 Å². The number of nitrogens with zero attached hydrogens (tertiary/aromatic N) is 3. The average Bonchev–Trinajstić information content (AvgIpc) is 2.82. The third kappa shape index (κ3) is 2.06. The Morgan fingerprint density at radius 2 is 2.06 bits per heavy atom. The summed E-state index contributed by atoms with van der Waals surface area (Å²) in [6.07, 6.45) is 1.64. The minimum absolute atomic E-state index is 0.400. The van der Waals surface area contributed by atoms with Crippen LogP contribution in [0.15, 0.2) is 57.1 Å². The fraction of sp³-hybridized carbons (Fsp3) is 0. The van der Waals surface area contributed by atoms with Gasteiger partial charge in [-0.1, -0.05) is 12.1 Å². The summed E-state index contributed by atoms with van der Waals surface area (Å²) in [5.74, 6) is 0. The summed E-state index contributed by atoms with van der Waals surface area (Å²) in [5.41, 5.74) is 2.00. The second-order valence-corrected chi connectivity index (χ2v) is 4.57. The molecule has 0 bridgehead atoms. The summed E-state index contributed by atoms with van der Waals surface area (Å²) in [6.45, 7) is 0. The van der Waals surface area contributed by atoms with E-state index in [2.05, 4.69) is 9.97 Å². The van der Waals surface area contributed by atoms with Crippen molar-refractivity contribution in [3.8, 4) is 6.07 Å². The van der Waals surface area contributed by atoms with E-state index < -0.39 is 0 Å². The summed E-state index contributed by atoms with van der Waals surface area (Å²) >= 11 is 1.38. The van der Waals surface area contributed by atoms with E-state index in [0.717, 1.165) is 16.0 Å². The molecule has 0 aliphatic carbocycles. The van der Waals surface area contributed by atoms with Crippen LogP contribution in [0.2, 0.25) is 0 Å². The minimum Gasteiger partial charge on any atom is -0.431 e. The third-order valence-electron chi connectivity index (χ3n) is 2.33. The predicted octanol–water partition coefficient (Wildman–Crippen LogP) is 3.25. The van der Waals surface area contributed by atoms with Gasteiger partial charge in [-0.05, 0) is 36.0 Å². The highest BCUT2D eigenvalue weighted by Crippen LogP contribution is 2.29. The highest BCUT2D eigenvalue weighted by molar-refractivity contribution is 7.99. The topological polar surface area (TPSA) is 62.7 Å². The van der Waals surface area contributed by atoms with Gasteiger partial charge in [0.15, 0.2) is 5.58 Å². The first-order valence-electron chi connectivity index (χ1n) is 5.25. The zero-order chi connectivity index (χ0) is 12.4. The van der Waals surface area contributed by atoms with Gasteiger partial charge in [0, 0.05) is 11.1 Å². The van der Waals surface area contributed by atoms with E-state index in [0.29, 0.717) is 10.9 Å². The van der Waals surface area contributed by atoms with E-state index >= 15 is 0 Å². The average molecular weight is 253 g/mol. The van der Waals surface area contributed by atoms with Gasteiger partial charge in [0.1, 0.15) is 17.3 Å². The van der Waals surface area contributed by atoms with Crippen LogP contribution in [0.3, 0.4) is 0 Å². The molecular weight excluding hydrogens is 246 g/mol. The standard InChI is InChI=1S/C13H7N3OS/c14-7-9-5-6-10(8-15-9)18-13-16-11-3-1-2-4-12(11)17-13/h1-6,8H. The Morgan fingerprint density at radius 1 is 1.17 bits per heavy atom. The molecule has 0 aliphatic rings. The van der Waals surface area contributed by atoms with Gasteiger partial charge in [-0.3, -0.25) is 0 Å². The van der Waals surface area contributed by atoms with Crippen LogP contribution in [0.5, 0.6) is 0 Å². The molecule has 3 rings (SSSR count). The lowest BCUT2D eigenvalue weighted by molar-refractivity contribution is 0.489. The maximum absolute atomic E-state index is 8.66. The van der Waals surface area contributed by atoms with Gasteiger partial charge < -0.3 is 4.42 Å². The van der Waals surface area contributed by atoms with Crippen LogP contribution in [0.1, 0.15) is 5.69 Å². The van der Waals surface area contributed by atoms with E-state index in [1.807, 2.05) is 36.4 Å². The first-order valence-corrected chi connectivity index (χ1v) is 6.06. The number of nitriles is 1. The number of hydrogen-bond acceptors (Lipinski definition) is 5. The first-order chi connectivity index (χ1) is 8.85. The molecule has 0 radical (unpaired) electrons. The summed E-state index contributed by atoms with van der Waals surface area (Å²) < 4.78 is 5.59. The molecule has 0 N–H and O–H groups in total. The van der Waals surface area contributed by atoms with Gasteiger partial charge in [0.2, 0.25) is 0 Å².